The van der Waals surface area contributed by atoms with Crippen molar-refractivity contribution in [2.75, 3.05) is 5.43 Å². The van der Waals surface area contributed by atoms with Gasteiger partial charge in [-0.2, -0.15) is 5.10 Å². The fourth-order valence-corrected chi connectivity index (χ4v) is 1.76. The van der Waals surface area contributed by atoms with Crippen LogP contribution in [0.1, 0.15) is 15.9 Å². The minimum atomic E-state index is -0.984. The number of nitrogens with one attached hydrogen (secondary N) is 1. The van der Waals surface area contributed by atoms with Gasteiger partial charge in [0, 0.05) is 4.47 Å². The Morgan fingerprint density at radius 3 is 2.45 bits per heavy atom. The van der Waals surface area contributed by atoms with Crippen molar-refractivity contribution in [3.05, 3.63) is 64.1 Å². The van der Waals surface area contributed by atoms with Crippen LogP contribution >= 0.6 is 28.3 Å². The molecule has 6 heteroatoms. The summed E-state index contributed by atoms with van der Waals surface area (Å²) in [5.74, 6) is -0.984. The highest BCUT2D eigenvalue weighted by atomic mass is 79.9. The van der Waals surface area contributed by atoms with E-state index < -0.39 is 5.97 Å². The molecule has 0 aliphatic heterocycles. The van der Waals surface area contributed by atoms with Crippen molar-refractivity contribution >= 4 is 46.2 Å². The number of halogens is 2. The van der Waals surface area contributed by atoms with Crippen molar-refractivity contribution in [3.63, 3.8) is 0 Å². The maximum atomic E-state index is 11.0. The molecule has 104 valence electrons. The Bertz CT molecular complexity index is 615. The molecule has 0 saturated carbocycles. The Hall–Kier alpha value is -1.85. The predicted octanol–water partition coefficient (Wildman–Crippen LogP) is 4.02. The molecule has 2 rings (SSSR count). The molecule has 0 unspecified atom stereocenters. The van der Waals surface area contributed by atoms with Gasteiger partial charge in [-0.15, -0.1) is 12.4 Å². The van der Waals surface area contributed by atoms with E-state index in [-0.39, 0.29) is 18.0 Å². The van der Waals surface area contributed by atoms with Crippen LogP contribution in [-0.4, -0.2) is 17.3 Å². The van der Waals surface area contributed by atoms with Crippen LogP contribution in [-0.2, 0) is 0 Å². The second-order valence-corrected chi connectivity index (χ2v) is 4.69. The Balaban J connectivity index is 0.00000200. The molecule has 0 amide bonds. The number of hydrogen-bond acceptors (Lipinski definition) is 3. The van der Waals surface area contributed by atoms with Crippen molar-refractivity contribution in [1.82, 2.24) is 0 Å². The zero-order valence-electron chi connectivity index (χ0n) is 10.3. The van der Waals surface area contributed by atoms with E-state index in [1.54, 1.807) is 24.4 Å². The molecule has 0 aromatic heterocycles. The first kappa shape index (κ1) is 16.2. The van der Waals surface area contributed by atoms with Gasteiger partial charge in [-0.25, -0.2) is 4.79 Å². The molecule has 2 aromatic rings. The van der Waals surface area contributed by atoms with Crippen LogP contribution in [0.15, 0.2) is 58.1 Å². The molecule has 0 saturated heterocycles. The largest absolute Gasteiger partial charge is 0.478 e. The van der Waals surface area contributed by atoms with E-state index in [1.165, 1.54) is 6.07 Å². The summed E-state index contributed by atoms with van der Waals surface area (Å²) in [5, 5.41) is 13.0. The maximum absolute atomic E-state index is 11.0. The Labute approximate surface area is 131 Å². The molecule has 20 heavy (non-hydrogen) atoms. The van der Waals surface area contributed by atoms with Gasteiger partial charge in [-0.3, -0.25) is 5.43 Å². The zero-order chi connectivity index (χ0) is 13.7. The summed E-state index contributed by atoms with van der Waals surface area (Å²) in [6.45, 7) is 0. The first-order chi connectivity index (χ1) is 9.16. The number of hydrogen-bond donors (Lipinski definition) is 2. The lowest BCUT2D eigenvalue weighted by atomic mass is 10.2. The highest BCUT2D eigenvalue weighted by Gasteiger charge is 2.07. The highest BCUT2D eigenvalue weighted by molar-refractivity contribution is 9.10. The van der Waals surface area contributed by atoms with Crippen LogP contribution in [0.5, 0.6) is 0 Å². The number of anilines is 1. The average Bonchev–Trinajstić information content (AvgIpc) is 2.41. The lowest BCUT2D eigenvalue weighted by Crippen LogP contribution is -2.02. The monoisotopic (exact) mass is 354 g/mol. The number of carboxylic acids is 1. The minimum Gasteiger partial charge on any atom is -0.478 e. The molecule has 0 bridgehead atoms. The van der Waals surface area contributed by atoms with Crippen molar-refractivity contribution < 1.29 is 9.90 Å². The molecule has 2 N–H and O–H groups in total. The van der Waals surface area contributed by atoms with E-state index in [9.17, 15) is 4.79 Å². The topological polar surface area (TPSA) is 61.7 Å². The molecular formula is C14H12BrClN2O2. The van der Waals surface area contributed by atoms with Gasteiger partial charge in [0.15, 0.2) is 0 Å². The van der Waals surface area contributed by atoms with Crippen LogP contribution in [0, 0.1) is 0 Å². The fraction of sp³-hybridized carbons (Fsp3) is 0. The maximum Gasteiger partial charge on any atom is 0.337 e. The summed E-state index contributed by atoms with van der Waals surface area (Å²) < 4.78 is 0.994. The average molecular weight is 356 g/mol. The van der Waals surface area contributed by atoms with Gasteiger partial charge in [-0.05, 0) is 29.8 Å². The van der Waals surface area contributed by atoms with Gasteiger partial charge in [-0.1, -0.05) is 40.2 Å². The van der Waals surface area contributed by atoms with Crippen molar-refractivity contribution in [3.8, 4) is 0 Å². The van der Waals surface area contributed by atoms with Gasteiger partial charge in [0.1, 0.15) is 0 Å². The SMILES string of the molecule is Cl.O=C(O)c1ccccc1N/N=C/c1ccc(Br)cc1. The van der Waals surface area contributed by atoms with Gasteiger partial charge in [0.2, 0.25) is 0 Å². The second kappa shape index (κ2) is 7.67. The summed E-state index contributed by atoms with van der Waals surface area (Å²) in [6.07, 6.45) is 1.63. The second-order valence-electron chi connectivity index (χ2n) is 3.77. The number of benzene rings is 2. The van der Waals surface area contributed by atoms with Gasteiger partial charge < -0.3 is 5.11 Å². The molecule has 0 aliphatic rings. The molecule has 0 heterocycles. The summed E-state index contributed by atoms with van der Waals surface area (Å²) in [5.41, 5.74) is 4.31. The van der Waals surface area contributed by atoms with E-state index in [4.69, 9.17) is 5.11 Å². The normalized spacial score (nSPS) is 10.1. The first-order valence-corrected chi connectivity index (χ1v) is 6.33. The third kappa shape index (κ3) is 4.36. The minimum absolute atomic E-state index is 0. The lowest BCUT2D eigenvalue weighted by molar-refractivity contribution is 0.0698. The Morgan fingerprint density at radius 2 is 1.80 bits per heavy atom. The number of carbonyl (C=O) groups is 1. The number of carboxylic acid groups (broad SMARTS) is 1. The molecule has 0 spiro atoms. The van der Waals surface area contributed by atoms with Crippen LogP contribution in [0.4, 0.5) is 5.69 Å². The Kier molecular flexibility index (Phi) is 6.21. The zero-order valence-corrected chi connectivity index (χ0v) is 12.7. The van der Waals surface area contributed by atoms with Gasteiger partial charge >= 0.3 is 5.97 Å². The third-order valence-electron chi connectivity index (χ3n) is 2.43. The van der Waals surface area contributed by atoms with Crippen molar-refractivity contribution in [2.24, 2.45) is 5.10 Å². The van der Waals surface area contributed by atoms with E-state index in [0.717, 1.165) is 10.0 Å². The van der Waals surface area contributed by atoms with Crippen molar-refractivity contribution in [2.45, 2.75) is 0 Å². The van der Waals surface area contributed by atoms with Gasteiger partial charge in [0.25, 0.3) is 0 Å². The lowest BCUT2D eigenvalue weighted by Gasteiger charge is -2.04. The number of rotatable bonds is 4. The smallest absolute Gasteiger partial charge is 0.337 e. The van der Waals surface area contributed by atoms with E-state index in [0.29, 0.717) is 5.69 Å². The third-order valence-corrected chi connectivity index (χ3v) is 2.95. The van der Waals surface area contributed by atoms with Crippen LogP contribution in [0.2, 0.25) is 0 Å². The summed E-state index contributed by atoms with van der Waals surface area (Å²) >= 11 is 3.35. The first-order valence-electron chi connectivity index (χ1n) is 5.54. The Morgan fingerprint density at radius 1 is 1.15 bits per heavy atom. The molecule has 0 radical (unpaired) electrons. The van der Waals surface area contributed by atoms with Crippen molar-refractivity contribution in [1.29, 1.82) is 0 Å². The summed E-state index contributed by atoms with van der Waals surface area (Å²) in [4.78, 5) is 11.0. The summed E-state index contributed by atoms with van der Waals surface area (Å²) in [6, 6.07) is 14.2. The van der Waals surface area contributed by atoms with Gasteiger partial charge in [0.05, 0.1) is 17.5 Å². The molecule has 4 nitrogen and oxygen atoms in total. The summed E-state index contributed by atoms with van der Waals surface area (Å²) in [7, 11) is 0. The number of nitrogens with zero attached hydrogens (tertiary/aromatic N) is 1. The standard InChI is InChI=1S/C14H11BrN2O2.ClH/c15-11-7-5-10(6-8-11)9-16-17-13-4-2-1-3-12(13)14(18)19;/h1-9,17H,(H,18,19);1H/b16-9+;. The molecule has 0 aliphatic carbocycles. The highest BCUT2D eigenvalue weighted by Crippen LogP contribution is 2.14. The molecule has 2 aromatic carbocycles. The van der Waals surface area contributed by atoms with Crippen LogP contribution in [0.3, 0.4) is 0 Å². The number of hydrazone groups is 1. The van der Waals surface area contributed by atoms with Crippen LogP contribution in [0.25, 0.3) is 0 Å². The predicted molar refractivity (Wildman–Crippen MR) is 86.0 cm³/mol. The number of aromatic carboxylic acids is 1. The fourth-order valence-electron chi connectivity index (χ4n) is 1.49. The molecule has 0 fully saturated rings. The van der Waals surface area contributed by atoms with E-state index >= 15 is 0 Å². The van der Waals surface area contributed by atoms with Crippen LogP contribution < -0.4 is 5.43 Å². The van der Waals surface area contributed by atoms with E-state index in [2.05, 4.69) is 26.5 Å². The quantitative estimate of drug-likeness (QED) is 0.643. The molecule has 0 atom stereocenters. The van der Waals surface area contributed by atoms with E-state index in [1.807, 2.05) is 24.3 Å². The molecular weight excluding hydrogens is 344 g/mol. The number of para-hydroxylation sites is 1.